The van der Waals surface area contributed by atoms with Crippen molar-refractivity contribution >= 4 is 17.5 Å². The monoisotopic (exact) mass is 578 g/mol. The average molecular weight is 579 g/mol. The first kappa shape index (κ1) is 28.9. The second kappa shape index (κ2) is 11.0. The summed E-state index contributed by atoms with van der Waals surface area (Å²) in [5.41, 5.74) is 8.55. The molecule has 0 unspecified atom stereocenters. The third-order valence-electron chi connectivity index (χ3n) is 8.07. The molecule has 2 aliphatic carbocycles. The van der Waals surface area contributed by atoms with Crippen LogP contribution in [-0.4, -0.2) is 43.5 Å². The molecule has 41 heavy (non-hydrogen) atoms. The van der Waals surface area contributed by atoms with Gasteiger partial charge in [-0.2, -0.15) is 18.3 Å². The number of alkyl halides is 5. The summed E-state index contributed by atoms with van der Waals surface area (Å²) in [5.74, 6) is -4.90. The van der Waals surface area contributed by atoms with E-state index in [1.54, 1.807) is 24.5 Å². The van der Waals surface area contributed by atoms with Crippen molar-refractivity contribution in [3.63, 3.8) is 0 Å². The Labute approximate surface area is 232 Å². The van der Waals surface area contributed by atoms with E-state index >= 15 is 0 Å². The van der Waals surface area contributed by atoms with Gasteiger partial charge in [0.2, 0.25) is 11.8 Å². The van der Waals surface area contributed by atoms with E-state index in [1.807, 2.05) is 6.92 Å². The van der Waals surface area contributed by atoms with E-state index in [-0.39, 0.29) is 43.2 Å². The number of aromatic nitrogens is 4. The van der Waals surface area contributed by atoms with Gasteiger partial charge >= 0.3 is 6.18 Å². The number of hydrogen-bond donors (Lipinski definition) is 2. The molecule has 0 saturated heterocycles. The number of amides is 2. The van der Waals surface area contributed by atoms with E-state index in [9.17, 15) is 31.5 Å². The van der Waals surface area contributed by atoms with Crippen LogP contribution in [-0.2, 0) is 4.79 Å². The second-order valence-electron chi connectivity index (χ2n) is 11.2. The molecule has 0 aromatic carbocycles. The molecule has 13 heteroatoms. The fraction of sp³-hybridized carbons (Fsp3) is 0.536. The van der Waals surface area contributed by atoms with Crippen LogP contribution in [0.25, 0.3) is 5.65 Å². The van der Waals surface area contributed by atoms with Gasteiger partial charge in [-0.1, -0.05) is 0 Å². The molecule has 8 nitrogen and oxygen atoms in total. The van der Waals surface area contributed by atoms with Crippen LogP contribution < -0.4 is 11.1 Å². The number of imidazole rings is 1. The molecule has 3 heterocycles. The Hall–Kier alpha value is -3.64. The number of aryl methyl sites for hydroxylation is 1. The van der Waals surface area contributed by atoms with Gasteiger partial charge in [-0.25, -0.2) is 18.3 Å². The molecule has 0 bridgehead atoms. The van der Waals surface area contributed by atoms with Crippen LogP contribution in [0, 0.1) is 18.8 Å². The SMILES string of the molecule is Cc1ccnc(C(N)=O)c1[C@@H](c1cn2ncc([C@H](NC(=O)CCC(F)(F)F)C3CC3)cc2n1)C1CCC(F)(F)CC1. The summed E-state index contributed by atoms with van der Waals surface area (Å²) in [6.45, 7) is 1.81. The van der Waals surface area contributed by atoms with Gasteiger partial charge in [0.25, 0.3) is 5.91 Å². The highest BCUT2D eigenvalue weighted by molar-refractivity contribution is 5.93. The lowest BCUT2D eigenvalue weighted by Gasteiger charge is -2.34. The zero-order valence-corrected chi connectivity index (χ0v) is 22.4. The van der Waals surface area contributed by atoms with Crippen LogP contribution in [0.4, 0.5) is 22.0 Å². The number of rotatable bonds is 9. The average Bonchev–Trinajstić information content (AvgIpc) is 3.65. The quantitative estimate of drug-likeness (QED) is 0.330. The Balaban J connectivity index is 1.49. The highest BCUT2D eigenvalue weighted by Crippen LogP contribution is 2.46. The van der Waals surface area contributed by atoms with Gasteiger partial charge < -0.3 is 11.1 Å². The molecule has 2 atom stereocenters. The number of nitrogens with two attached hydrogens (primary N) is 1. The minimum absolute atomic E-state index is 0.0633. The molecule has 0 spiro atoms. The number of pyridine rings is 1. The van der Waals surface area contributed by atoms with Crippen LogP contribution >= 0.6 is 0 Å². The maximum absolute atomic E-state index is 14.1. The Morgan fingerprint density at radius 2 is 1.88 bits per heavy atom. The van der Waals surface area contributed by atoms with Crippen molar-refractivity contribution in [2.24, 2.45) is 17.6 Å². The maximum Gasteiger partial charge on any atom is 0.389 e. The molecular formula is C28H31F5N6O2. The van der Waals surface area contributed by atoms with Crippen LogP contribution in [0.2, 0.25) is 0 Å². The van der Waals surface area contributed by atoms with E-state index in [2.05, 4.69) is 15.4 Å². The van der Waals surface area contributed by atoms with E-state index < -0.39 is 48.7 Å². The number of primary amides is 1. The van der Waals surface area contributed by atoms with Crippen molar-refractivity contribution in [3.05, 3.63) is 58.8 Å². The number of halogens is 5. The summed E-state index contributed by atoms with van der Waals surface area (Å²) in [6.07, 6.45) is -0.0911. The smallest absolute Gasteiger partial charge is 0.364 e. The molecule has 5 rings (SSSR count). The van der Waals surface area contributed by atoms with Gasteiger partial charge in [0.15, 0.2) is 5.65 Å². The van der Waals surface area contributed by atoms with Crippen molar-refractivity contribution < 1.29 is 31.5 Å². The van der Waals surface area contributed by atoms with E-state index in [4.69, 9.17) is 10.7 Å². The standard InChI is InChI=1S/C28H31F5N6O2/c1-15-7-11-35-25(26(34)41)22(15)23(16-4-8-27(29,30)9-5-16)19-14-39-20(37-19)12-18(13-36-39)24(17-2-3-17)38-21(40)6-10-28(31,32)33/h7,11-14,16-17,23-24H,2-6,8-10H2,1H3,(H2,34,41)(H,38,40)/t23-,24-/m1/s1. The van der Waals surface area contributed by atoms with E-state index in [1.165, 1.54) is 10.7 Å². The molecular weight excluding hydrogens is 547 g/mol. The van der Waals surface area contributed by atoms with Gasteiger partial charge in [0, 0.05) is 31.4 Å². The fourth-order valence-corrected chi connectivity index (χ4v) is 5.81. The number of fused-ring (bicyclic) bond motifs is 1. The highest BCUT2D eigenvalue weighted by Gasteiger charge is 2.41. The van der Waals surface area contributed by atoms with Crippen LogP contribution in [0.15, 0.2) is 30.7 Å². The minimum atomic E-state index is -4.43. The molecule has 2 saturated carbocycles. The largest absolute Gasteiger partial charge is 0.389 e. The summed E-state index contributed by atoms with van der Waals surface area (Å²) < 4.78 is 67.5. The van der Waals surface area contributed by atoms with Gasteiger partial charge in [-0.05, 0) is 73.3 Å². The lowest BCUT2D eigenvalue weighted by atomic mass is 9.73. The van der Waals surface area contributed by atoms with Gasteiger partial charge in [0.1, 0.15) is 5.69 Å². The predicted octanol–water partition coefficient (Wildman–Crippen LogP) is 5.40. The summed E-state index contributed by atoms with van der Waals surface area (Å²) in [6, 6.07) is 2.95. The third kappa shape index (κ3) is 6.65. The molecule has 220 valence electrons. The normalized spacial score (nSPS) is 19.2. The predicted molar refractivity (Wildman–Crippen MR) is 138 cm³/mol. The zero-order valence-electron chi connectivity index (χ0n) is 22.4. The molecule has 2 fully saturated rings. The summed E-state index contributed by atoms with van der Waals surface area (Å²) in [7, 11) is 0. The number of carbonyl (C=O) groups is 2. The van der Waals surface area contributed by atoms with Crippen molar-refractivity contribution in [1.82, 2.24) is 24.9 Å². The van der Waals surface area contributed by atoms with Gasteiger partial charge in [-0.3, -0.25) is 14.6 Å². The molecule has 2 aliphatic rings. The minimum Gasteiger partial charge on any atom is -0.364 e. The first-order valence-corrected chi connectivity index (χ1v) is 13.7. The Morgan fingerprint density at radius 1 is 1.17 bits per heavy atom. The third-order valence-corrected chi connectivity index (χ3v) is 8.07. The topological polar surface area (TPSA) is 115 Å². The lowest BCUT2D eigenvalue weighted by Crippen LogP contribution is -2.30. The lowest BCUT2D eigenvalue weighted by molar-refractivity contribution is -0.144. The second-order valence-corrected chi connectivity index (χ2v) is 11.2. The Morgan fingerprint density at radius 3 is 2.51 bits per heavy atom. The number of nitrogens with zero attached hydrogens (tertiary/aromatic N) is 4. The number of nitrogens with one attached hydrogen (secondary N) is 1. The molecule has 0 aliphatic heterocycles. The van der Waals surface area contributed by atoms with E-state index in [0.29, 0.717) is 22.5 Å². The van der Waals surface area contributed by atoms with Crippen molar-refractivity contribution in [2.75, 3.05) is 0 Å². The number of carbonyl (C=O) groups excluding carboxylic acids is 2. The van der Waals surface area contributed by atoms with Crippen LogP contribution in [0.5, 0.6) is 0 Å². The maximum atomic E-state index is 14.1. The summed E-state index contributed by atoms with van der Waals surface area (Å²) in [5, 5.41) is 7.17. The molecule has 3 N–H and O–H groups in total. The zero-order chi connectivity index (χ0) is 29.5. The van der Waals surface area contributed by atoms with Crippen molar-refractivity contribution in [2.45, 2.75) is 82.3 Å². The van der Waals surface area contributed by atoms with Crippen LogP contribution in [0.3, 0.4) is 0 Å². The van der Waals surface area contributed by atoms with Crippen molar-refractivity contribution in [3.8, 4) is 0 Å². The van der Waals surface area contributed by atoms with Gasteiger partial charge in [-0.15, -0.1) is 0 Å². The van der Waals surface area contributed by atoms with Crippen molar-refractivity contribution in [1.29, 1.82) is 0 Å². The molecule has 3 aromatic heterocycles. The molecule has 2 amide bonds. The summed E-state index contributed by atoms with van der Waals surface area (Å²) >= 11 is 0. The highest BCUT2D eigenvalue weighted by atomic mass is 19.4. The first-order chi connectivity index (χ1) is 19.3. The van der Waals surface area contributed by atoms with E-state index in [0.717, 1.165) is 18.4 Å². The van der Waals surface area contributed by atoms with Crippen LogP contribution in [0.1, 0.15) is 96.2 Å². The number of hydrogen-bond acceptors (Lipinski definition) is 5. The molecule has 3 aromatic rings. The molecule has 0 radical (unpaired) electrons. The first-order valence-electron chi connectivity index (χ1n) is 13.7. The summed E-state index contributed by atoms with van der Waals surface area (Å²) in [4.78, 5) is 33.6. The Kier molecular flexibility index (Phi) is 7.73. The Bertz CT molecular complexity index is 1440. The van der Waals surface area contributed by atoms with Gasteiger partial charge in [0.05, 0.1) is 30.6 Å². The fourth-order valence-electron chi connectivity index (χ4n) is 5.81.